The number of anilines is 1. The van der Waals surface area contributed by atoms with Gasteiger partial charge in [0.05, 0.1) is 50.2 Å². The number of nitrogens with zero attached hydrogens (tertiary/aromatic N) is 7. The van der Waals surface area contributed by atoms with Crippen molar-refractivity contribution in [2.45, 2.75) is 58.0 Å². The fraction of sp³-hybridized carbons (Fsp3) is 0.216. The van der Waals surface area contributed by atoms with E-state index in [1.807, 2.05) is 66.7 Å². The van der Waals surface area contributed by atoms with Gasteiger partial charge in [0.15, 0.2) is 11.6 Å². The molecule has 10 rings (SSSR count). The molecule has 2 amide bonds. The third-order valence-electron chi connectivity index (χ3n) is 12.0. The molecule has 0 unspecified atom stereocenters. The lowest BCUT2D eigenvalue weighted by molar-refractivity contribution is -0.384. The maximum atomic E-state index is 13.0. The molecule has 4 aromatic heterocycles. The van der Waals surface area contributed by atoms with Crippen LogP contribution in [0, 0.1) is 10.1 Å². The molecule has 2 aliphatic rings. The van der Waals surface area contributed by atoms with Gasteiger partial charge in [-0.1, -0.05) is 56.0 Å². The van der Waals surface area contributed by atoms with E-state index < -0.39 is 11.0 Å². The molecule has 4 aromatic carbocycles. The van der Waals surface area contributed by atoms with Gasteiger partial charge in [-0.05, 0) is 85.3 Å². The number of Topliss-reactive ketones (excluding diaryl/α,β-unsaturated/α-hetero) is 2. The largest absolute Gasteiger partial charge is 0.399 e. The Morgan fingerprint density at radius 1 is 0.642 bits per heavy atom. The Morgan fingerprint density at radius 3 is 1.55 bits per heavy atom. The molecule has 338 valence electrons. The highest BCUT2D eigenvalue weighted by atomic mass is 16.6. The van der Waals surface area contributed by atoms with Crippen molar-refractivity contribution in [3.63, 3.8) is 0 Å². The summed E-state index contributed by atoms with van der Waals surface area (Å²) in [6.07, 6.45) is 9.83. The van der Waals surface area contributed by atoms with Crippen molar-refractivity contribution in [3.05, 3.63) is 166 Å². The van der Waals surface area contributed by atoms with Crippen LogP contribution in [-0.2, 0) is 22.4 Å². The predicted molar refractivity (Wildman–Crippen MR) is 255 cm³/mol. The molecule has 2 aliphatic heterocycles. The van der Waals surface area contributed by atoms with E-state index in [0.29, 0.717) is 66.0 Å². The van der Waals surface area contributed by atoms with Crippen molar-refractivity contribution in [1.82, 2.24) is 39.7 Å². The Kier molecular flexibility index (Phi) is 13.3. The van der Waals surface area contributed by atoms with Gasteiger partial charge in [0.1, 0.15) is 11.6 Å². The zero-order valence-electron chi connectivity index (χ0n) is 35.7. The minimum atomic E-state index is -0.443. The van der Waals surface area contributed by atoms with Crippen molar-refractivity contribution >= 4 is 56.8 Å². The van der Waals surface area contributed by atoms with Crippen molar-refractivity contribution in [1.29, 1.82) is 0 Å². The summed E-state index contributed by atoms with van der Waals surface area (Å²) in [5.41, 5.74) is 14.0. The minimum Gasteiger partial charge on any atom is -0.399 e. The number of benzene rings is 4. The Morgan fingerprint density at radius 2 is 1.10 bits per heavy atom. The fourth-order valence-electron chi connectivity index (χ4n) is 8.61. The number of hydrogen-bond donors (Lipinski definition) is 3. The van der Waals surface area contributed by atoms with Gasteiger partial charge >= 0.3 is 0 Å². The van der Waals surface area contributed by atoms with Crippen LogP contribution in [0.25, 0.3) is 44.8 Å². The number of imidazole rings is 2. The molecule has 6 heterocycles. The van der Waals surface area contributed by atoms with Gasteiger partial charge in [0.2, 0.25) is 0 Å². The number of aromatic nitrogens is 6. The van der Waals surface area contributed by atoms with E-state index in [2.05, 4.69) is 29.9 Å². The van der Waals surface area contributed by atoms with Gasteiger partial charge in [0, 0.05) is 79.7 Å². The zero-order valence-corrected chi connectivity index (χ0v) is 35.7. The number of carbonyl (C=O) groups is 4. The Hall–Kier alpha value is -8.40. The number of hydrogen-bond acceptors (Lipinski definition) is 11. The molecule has 0 spiro atoms. The van der Waals surface area contributed by atoms with Gasteiger partial charge < -0.3 is 25.5 Å². The molecular weight excluding hydrogens is 849 g/mol. The fourth-order valence-corrected chi connectivity index (χ4v) is 8.61. The van der Waals surface area contributed by atoms with Crippen molar-refractivity contribution in [2.24, 2.45) is 0 Å². The number of fused-ring (bicyclic) bond motifs is 2. The summed E-state index contributed by atoms with van der Waals surface area (Å²) in [7, 11) is 0. The average Bonchev–Trinajstić information content (AvgIpc) is 4.19. The molecule has 67 heavy (non-hydrogen) atoms. The molecule has 0 radical (unpaired) electrons. The number of non-ortho nitro benzene ring substituents is 1. The van der Waals surface area contributed by atoms with Crippen LogP contribution in [0.5, 0.6) is 0 Å². The Balaban J connectivity index is 0.000000179. The normalized spacial score (nSPS) is 15.5. The average molecular weight is 897 g/mol. The van der Waals surface area contributed by atoms with Gasteiger partial charge in [-0.3, -0.25) is 39.3 Å². The number of rotatable bonds is 11. The highest BCUT2D eigenvalue weighted by molar-refractivity contribution is 5.99. The van der Waals surface area contributed by atoms with Crippen LogP contribution in [0.2, 0.25) is 0 Å². The summed E-state index contributed by atoms with van der Waals surface area (Å²) in [6, 6.07) is 31.4. The lowest BCUT2D eigenvalue weighted by atomic mass is 10.0. The monoisotopic (exact) mass is 896 g/mol. The molecule has 16 nitrogen and oxygen atoms in total. The third-order valence-corrected chi connectivity index (χ3v) is 12.0. The molecule has 16 heteroatoms. The van der Waals surface area contributed by atoms with E-state index in [4.69, 9.17) is 5.73 Å². The maximum Gasteiger partial charge on any atom is 0.271 e. The molecular formula is C51H48N10O6. The van der Waals surface area contributed by atoms with Gasteiger partial charge in [-0.2, -0.15) is 0 Å². The number of nitrogens with two attached hydrogens (primary N) is 1. The second kappa shape index (κ2) is 19.8. The quantitative estimate of drug-likeness (QED) is 0.0637. The Labute approximate surface area is 385 Å². The smallest absolute Gasteiger partial charge is 0.271 e. The molecule has 0 saturated carbocycles. The van der Waals surface area contributed by atoms with Crippen molar-refractivity contribution in [3.8, 4) is 22.8 Å². The zero-order chi connectivity index (χ0) is 45.7. The first-order chi connectivity index (χ1) is 32.1. The number of pyridine rings is 2. The van der Waals surface area contributed by atoms with E-state index in [-0.39, 0.29) is 49.0 Å². The Bertz CT molecular complexity index is 3080. The highest BCUT2D eigenvalue weighted by Gasteiger charge is 2.35. The summed E-state index contributed by atoms with van der Waals surface area (Å²) in [5.74, 6) is 1.13. The van der Waals surface area contributed by atoms with E-state index in [1.54, 1.807) is 58.7 Å². The van der Waals surface area contributed by atoms with Crippen LogP contribution >= 0.6 is 0 Å². The molecule has 0 bridgehead atoms. The third kappa shape index (κ3) is 9.98. The molecule has 2 atom stereocenters. The lowest BCUT2D eigenvalue weighted by Gasteiger charge is -2.23. The van der Waals surface area contributed by atoms with Crippen LogP contribution in [0.1, 0.15) is 65.0 Å². The summed E-state index contributed by atoms with van der Waals surface area (Å²) in [5, 5.41) is 11.0. The molecule has 2 fully saturated rings. The van der Waals surface area contributed by atoms with Crippen LogP contribution < -0.4 is 5.73 Å². The van der Waals surface area contributed by atoms with Crippen LogP contribution in [0.15, 0.2) is 134 Å². The number of amides is 2. The van der Waals surface area contributed by atoms with Crippen LogP contribution in [-0.4, -0.2) is 93.2 Å². The van der Waals surface area contributed by atoms with Crippen molar-refractivity contribution in [2.75, 3.05) is 18.8 Å². The molecule has 0 aliphatic carbocycles. The molecule has 2 saturated heterocycles. The maximum absolute atomic E-state index is 13.0. The van der Waals surface area contributed by atoms with Crippen LogP contribution in [0.4, 0.5) is 11.4 Å². The number of aromatic amines is 2. The van der Waals surface area contributed by atoms with Gasteiger partial charge in [-0.25, -0.2) is 9.97 Å². The van der Waals surface area contributed by atoms with E-state index >= 15 is 0 Å². The number of nitrogens with one attached hydrogen (secondary N) is 2. The van der Waals surface area contributed by atoms with E-state index in [1.165, 1.54) is 18.3 Å². The second-order valence-corrected chi connectivity index (χ2v) is 16.4. The molecule has 8 aromatic rings. The first-order valence-electron chi connectivity index (χ1n) is 21.6. The minimum absolute atomic E-state index is 0. The second-order valence-electron chi connectivity index (χ2n) is 16.4. The summed E-state index contributed by atoms with van der Waals surface area (Å²) in [4.78, 5) is 89.1. The summed E-state index contributed by atoms with van der Waals surface area (Å²) >= 11 is 0. The highest BCUT2D eigenvalue weighted by Crippen LogP contribution is 2.28. The standard InChI is InChI=1S/C25H21N5O4.C25H23N5O2.CH4/c31-23(22-4-2-12-29(22)25(32)18-3-1-11-26-15-18)13-16-5-7-17(8-6-16)24-27-20-10-9-19(30(33)34)14-21(20)28-24;26-19-9-10-20-21(14-19)29-24(28-20)17-7-5-16(6-8-17)13-23(31)22-4-2-12-30(22)25(32)18-3-1-11-27-15-18;/h1,3,5-11,14-15,22H,2,4,12-13H2,(H,27,28);1,3,5-11,14-15,22H,2,4,12-13,26H2,(H,28,29);1H4/t2*22-;/m00./s1. The first-order valence-corrected chi connectivity index (χ1v) is 21.6. The molecule has 4 N–H and O–H groups in total. The number of ketones is 2. The summed E-state index contributed by atoms with van der Waals surface area (Å²) in [6.45, 7) is 1.16. The SMILES string of the molecule is C.Nc1ccc2nc(-c3ccc(CC(=O)[C@@H]4CCCN4C(=O)c4cccnc4)cc3)[nH]c2c1.O=C(Cc1ccc(-c2nc3ccc([N+](=O)[O-])cc3[nH]2)cc1)[C@@H]1CCCN1C(=O)c1cccnc1. The van der Waals surface area contributed by atoms with E-state index in [0.717, 1.165) is 52.0 Å². The van der Waals surface area contributed by atoms with Crippen molar-refractivity contribution < 1.29 is 24.1 Å². The van der Waals surface area contributed by atoms with E-state index in [9.17, 15) is 29.3 Å². The number of carbonyl (C=O) groups excluding carboxylic acids is 4. The number of H-pyrrole nitrogens is 2. The number of nitro benzene ring substituents is 1. The van der Waals surface area contributed by atoms with Gasteiger partial charge in [0.25, 0.3) is 17.5 Å². The predicted octanol–water partition coefficient (Wildman–Crippen LogP) is 8.21. The van der Waals surface area contributed by atoms with Crippen LogP contribution in [0.3, 0.4) is 0 Å². The summed E-state index contributed by atoms with van der Waals surface area (Å²) < 4.78 is 0. The number of nitrogen functional groups attached to an aromatic ring is 1. The van der Waals surface area contributed by atoms with Gasteiger partial charge in [-0.15, -0.1) is 0 Å². The number of nitro groups is 1. The lowest BCUT2D eigenvalue weighted by Crippen LogP contribution is -2.41. The number of likely N-dealkylation sites (tertiary alicyclic amines) is 2. The first kappa shape index (κ1) is 45.2. The topological polar surface area (TPSA) is 227 Å².